The average Bonchev–Trinajstić information content (AvgIpc) is 2.62. The second kappa shape index (κ2) is 5.98. The van der Waals surface area contributed by atoms with Crippen LogP contribution in [0, 0.1) is 0 Å². The molecule has 0 fully saturated rings. The number of fused-ring (bicyclic) bond motifs is 2. The molecule has 0 saturated carbocycles. The van der Waals surface area contributed by atoms with Crippen LogP contribution in [0.2, 0.25) is 0 Å². The molecule has 0 heterocycles. The molecule has 4 aromatic rings. The van der Waals surface area contributed by atoms with E-state index in [1.165, 1.54) is 43.8 Å². The van der Waals surface area contributed by atoms with Crippen molar-refractivity contribution in [1.82, 2.24) is 0 Å². The normalized spacial score (nSPS) is 10.9. The molecule has 0 aromatic heterocycles. The zero-order valence-electron chi connectivity index (χ0n) is 14.1. The van der Waals surface area contributed by atoms with Crippen molar-refractivity contribution in [1.29, 1.82) is 0 Å². The van der Waals surface area contributed by atoms with Crippen LogP contribution in [0.3, 0.4) is 0 Å². The van der Waals surface area contributed by atoms with E-state index in [9.17, 15) is 0 Å². The van der Waals surface area contributed by atoms with Crippen LogP contribution < -0.4 is 0 Å². The molecular formula is C24H20. The lowest BCUT2D eigenvalue weighted by molar-refractivity contribution is 1.38. The fourth-order valence-electron chi connectivity index (χ4n) is 3.57. The number of allylic oxidation sites excluding steroid dienone is 1. The zero-order chi connectivity index (χ0) is 16.5. The lowest BCUT2D eigenvalue weighted by atomic mass is 9.88. The van der Waals surface area contributed by atoms with Crippen molar-refractivity contribution >= 4 is 27.1 Å². The molecule has 0 bridgehead atoms. The number of hydrogen-bond donors (Lipinski definition) is 0. The van der Waals surface area contributed by atoms with E-state index in [0.29, 0.717) is 0 Å². The summed E-state index contributed by atoms with van der Waals surface area (Å²) in [5.41, 5.74) is 5.29. The third-order valence-electron chi connectivity index (χ3n) is 4.62. The summed E-state index contributed by atoms with van der Waals surface area (Å²) < 4.78 is 0. The first kappa shape index (κ1) is 14.7. The SMILES string of the molecule is CC(C)=C(c1cccc2ccccc12)c1cccc2ccccc12. The lowest BCUT2D eigenvalue weighted by Gasteiger charge is -2.16. The van der Waals surface area contributed by atoms with Gasteiger partial charge in [-0.3, -0.25) is 0 Å². The van der Waals surface area contributed by atoms with Gasteiger partial charge in [-0.2, -0.15) is 0 Å². The molecule has 0 nitrogen and oxygen atoms in total. The van der Waals surface area contributed by atoms with Crippen LogP contribution in [-0.2, 0) is 0 Å². The van der Waals surface area contributed by atoms with E-state index in [-0.39, 0.29) is 0 Å². The summed E-state index contributed by atoms with van der Waals surface area (Å²) in [5.74, 6) is 0. The van der Waals surface area contributed by atoms with E-state index in [2.05, 4.69) is 98.8 Å². The molecule has 0 spiro atoms. The molecular weight excluding hydrogens is 288 g/mol. The van der Waals surface area contributed by atoms with Gasteiger partial charge in [0.2, 0.25) is 0 Å². The van der Waals surface area contributed by atoms with Crippen molar-refractivity contribution in [3.63, 3.8) is 0 Å². The summed E-state index contributed by atoms with van der Waals surface area (Å²) >= 11 is 0. The fraction of sp³-hybridized carbons (Fsp3) is 0.0833. The fourth-order valence-corrected chi connectivity index (χ4v) is 3.57. The quantitative estimate of drug-likeness (QED) is 0.380. The molecule has 0 atom stereocenters. The van der Waals surface area contributed by atoms with Crippen molar-refractivity contribution in [3.05, 3.63) is 102 Å². The van der Waals surface area contributed by atoms with Crippen LogP contribution in [0.5, 0.6) is 0 Å². The van der Waals surface area contributed by atoms with Gasteiger partial charge in [-0.25, -0.2) is 0 Å². The van der Waals surface area contributed by atoms with E-state index in [0.717, 1.165) is 0 Å². The molecule has 0 aliphatic heterocycles. The van der Waals surface area contributed by atoms with Gasteiger partial charge in [0.05, 0.1) is 0 Å². The van der Waals surface area contributed by atoms with Gasteiger partial charge >= 0.3 is 0 Å². The molecule has 0 saturated heterocycles. The minimum Gasteiger partial charge on any atom is -0.0679 e. The Morgan fingerprint density at radius 3 is 1.38 bits per heavy atom. The third kappa shape index (κ3) is 2.41. The third-order valence-corrected chi connectivity index (χ3v) is 4.62. The van der Waals surface area contributed by atoms with Gasteiger partial charge in [0, 0.05) is 0 Å². The molecule has 0 N–H and O–H groups in total. The van der Waals surface area contributed by atoms with E-state index >= 15 is 0 Å². The molecule has 24 heavy (non-hydrogen) atoms. The minimum absolute atomic E-state index is 1.29. The molecule has 4 rings (SSSR count). The van der Waals surface area contributed by atoms with Crippen molar-refractivity contribution in [2.45, 2.75) is 13.8 Å². The topological polar surface area (TPSA) is 0 Å². The van der Waals surface area contributed by atoms with Gasteiger partial charge in [-0.1, -0.05) is 90.5 Å². The Hall–Kier alpha value is -2.86. The van der Waals surface area contributed by atoms with Gasteiger partial charge < -0.3 is 0 Å². The van der Waals surface area contributed by atoms with Crippen molar-refractivity contribution in [2.75, 3.05) is 0 Å². The first-order chi connectivity index (χ1) is 11.8. The van der Waals surface area contributed by atoms with Crippen LogP contribution in [0.1, 0.15) is 25.0 Å². The monoisotopic (exact) mass is 308 g/mol. The highest BCUT2D eigenvalue weighted by Gasteiger charge is 2.13. The van der Waals surface area contributed by atoms with Gasteiger partial charge in [-0.15, -0.1) is 0 Å². The van der Waals surface area contributed by atoms with Crippen molar-refractivity contribution < 1.29 is 0 Å². The second-order valence-electron chi connectivity index (χ2n) is 6.43. The average molecular weight is 308 g/mol. The summed E-state index contributed by atoms with van der Waals surface area (Å²) in [4.78, 5) is 0. The molecule has 0 amide bonds. The lowest BCUT2D eigenvalue weighted by Crippen LogP contribution is -1.94. The Balaban J connectivity index is 2.07. The van der Waals surface area contributed by atoms with E-state index in [1.807, 2.05) is 0 Å². The maximum Gasteiger partial charge on any atom is -0.00998 e. The Morgan fingerprint density at radius 2 is 0.917 bits per heavy atom. The largest absolute Gasteiger partial charge is 0.0679 e. The van der Waals surface area contributed by atoms with Gasteiger partial charge in [0.1, 0.15) is 0 Å². The van der Waals surface area contributed by atoms with Gasteiger partial charge in [0.25, 0.3) is 0 Å². The minimum atomic E-state index is 1.29. The van der Waals surface area contributed by atoms with Gasteiger partial charge in [0.15, 0.2) is 0 Å². The van der Waals surface area contributed by atoms with Crippen LogP contribution >= 0.6 is 0 Å². The summed E-state index contributed by atoms with van der Waals surface area (Å²) in [6, 6.07) is 30.4. The van der Waals surface area contributed by atoms with Crippen molar-refractivity contribution in [3.8, 4) is 0 Å². The van der Waals surface area contributed by atoms with Gasteiger partial charge in [-0.05, 0) is 52.1 Å². The Kier molecular flexibility index (Phi) is 3.66. The highest BCUT2D eigenvalue weighted by molar-refractivity contribution is 6.04. The molecule has 0 heteroatoms. The van der Waals surface area contributed by atoms with Crippen LogP contribution in [-0.4, -0.2) is 0 Å². The van der Waals surface area contributed by atoms with Crippen LogP contribution in [0.25, 0.3) is 27.1 Å². The standard InChI is InChI=1S/C24H20/c1-17(2)24(22-15-7-11-18-9-3-5-13-20(18)22)23-16-8-12-19-10-4-6-14-21(19)23/h3-16H,1-2H3. The van der Waals surface area contributed by atoms with Crippen molar-refractivity contribution in [2.24, 2.45) is 0 Å². The highest BCUT2D eigenvalue weighted by atomic mass is 14.2. The molecule has 0 aliphatic carbocycles. The number of benzene rings is 4. The summed E-state index contributed by atoms with van der Waals surface area (Å²) in [7, 11) is 0. The van der Waals surface area contributed by atoms with E-state index in [1.54, 1.807) is 0 Å². The first-order valence-corrected chi connectivity index (χ1v) is 8.39. The molecule has 4 aromatic carbocycles. The predicted octanol–water partition coefficient (Wildman–Crippen LogP) is 6.83. The maximum atomic E-state index is 2.24. The highest BCUT2D eigenvalue weighted by Crippen LogP contribution is 2.35. The Bertz CT molecular complexity index is 972. The van der Waals surface area contributed by atoms with E-state index < -0.39 is 0 Å². The van der Waals surface area contributed by atoms with E-state index in [4.69, 9.17) is 0 Å². The Labute approximate surface area is 143 Å². The number of rotatable bonds is 2. The second-order valence-corrected chi connectivity index (χ2v) is 6.43. The summed E-state index contributed by atoms with van der Waals surface area (Å²) in [5, 5.41) is 5.19. The van der Waals surface area contributed by atoms with Crippen LogP contribution in [0.15, 0.2) is 90.5 Å². The molecule has 0 aliphatic rings. The molecule has 116 valence electrons. The molecule has 0 radical (unpaired) electrons. The van der Waals surface area contributed by atoms with Crippen LogP contribution in [0.4, 0.5) is 0 Å². The first-order valence-electron chi connectivity index (χ1n) is 8.39. The zero-order valence-corrected chi connectivity index (χ0v) is 14.1. The summed E-state index contributed by atoms with van der Waals surface area (Å²) in [6.45, 7) is 4.41. The number of hydrogen-bond acceptors (Lipinski definition) is 0. The Morgan fingerprint density at radius 1 is 0.500 bits per heavy atom. The predicted molar refractivity (Wildman–Crippen MR) is 105 cm³/mol. The smallest absolute Gasteiger partial charge is 0.00998 e. The summed E-state index contributed by atoms with van der Waals surface area (Å²) in [6.07, 6.45) is 0. The maximum absolute atomic E-state index is 2.24. The molecule has 0 unspecified atom stereocenters.